The van der Waals surface area contributed by atoms with E-state index in [-0.39, 0.29) is 0 Å². The van der Waals surface area contributed by atoms with Crippen LogP contribution in [-0.2, 0) is 6.54 Å². The summed E-state index contributed by atoms with van der Waals surface area (Å²) in [7, 11) is 1.90. The Morgan fingerprint density at radius 2 is 1.12 bits per heavy atom. The lowest BCUT2D eigenvalue weighted by Crippen LogP contribution is -2.21. The number of aromatic nitrogens is 1. The van der Waals surface area contributed by atoms with Crippen molar-refractivity contribution < 1.29 is 4.42 Å². The summed E-state index contributed by atoms with van der Waals surface area (Å²) in [4.78, 5) is 10.2. The predicted octanol–water partition coefficient (Wildman–Crippen LogP) is 12.6. The first kappa shape index (κ1) is 34.0. The van der Waals surface area contributed by atoms with Crippen molar-refractivity contribution >= 4 is 55.4 Å². The molecular formula is C52H38N4O. The van der Waals surface area contributed by atoms with Crippen LogP contribution in [0.4, 0.5) is 0 Å². The second-order valence-electron chi connectivity index (χ2n) is 14.2. The fraction of sp³-hybridized carbons (Fsp3) is 0.0385. The number of hydrogen-bond acceptors (Lipinski definition) is 2. The Labute approximate surface area is 330 Å². The van der Waals surface area contributed by atoms with Gasteiger partial charge in [-0.2, -0.15) is 0 Å². The maximum atomic E-state index is 6.24. The summed E-state index contributed by atoms with van der Waals surface area (Å²) in [6, 6.07) is 68.0. The smallest absolute Gasteiger partial charge is 0.157 e. The number of para-hydroxylation sites is 2. The van der Waals surface area contributed by atoms with E-state index in [0.29, 0.717) is 12.4 Å². The molecule has 0 fully saturated rings. The maximum absolute atomic E-state index is 6.24. The second-order valence-corrected chi connectivity index (χ2v) is 14.2. The van der Waals surface area contributed by atoms with E-state index in [1.54, 1.807) is 0 Å². The molecule has 0 saturated heterocycles. The van der Waals surface area contributed by atoms with Crippen LogP contribution in [-0.4, -0.2) is 23.3 Å². The quantitative estimate of drug-likeness (QED) is 0.131. The first-order valence-electron chi connectivity index (χ1n) is 19.3. The van der Waals surface area contributed by atoms with Gasteiger partial charge < -0.3 is 14.3 Å². The number of amidine groups is 2. The van der Waals surface area contributed by atoms with E-state index >= 15 is 0 Å². The van der Waals surface area contributed by atoms with Gasteiger partial charge in [-0.3, -0.25) is 4.99 Å². The third-order valence-corrected chi connectivity index (χ3v) is 10.8. The summed E-state index contributed by atoms with van der Waals surface area (Å²) in [6.07, 6.45) is 0. The minimum absolute atomic E-state index is 0.482. The highest BCUT2D eigenvalue weighted by molar-refractivity contribution is 6.12. The minimum atomic E-state index is 0.482. The zero-order valence-corrected chi connectivity index (χ0v) is 31.4. The lowest BCUT2D eigenvalue weighted by molar-refractivity contribution is 0.669. The Kier molecular flexibility index (Phi) is 8.73. The molecule has 2 aromatic heterocycles. The van der Waals surface area contributed by atoms with Crippen LogP contribution in [0, 0.1) is 0 Å². The van der Waals surface area contributed by atoms with Gasteiger partial charge in [0.15, 0.2) is 5.84 Å². The van der Waals surface area contributed by atoms with E-state index in [2.05, 4.69) is 155 Å². The van der Waals surface area contributed by atoms with Crippen LogP contribution in [0.5, 0.6) is 0 Å². The van der Waals surface area contributed by atoms with Crippen molar-refractivity contribution in [1.29, 1.82) is 0 Å². The Morgan fingerprint density at radius 3 is 1.93 bits per heavy atom. The highest BCUT2D eigenvalue weighted by atomic mass is 16.3. The average molecular weight is 735 g/mol. The molecule has 0 saturated carbocycles. The number of fused-ring (bicyclic) bond motifs is 6. The molecule has 0 radical (unpaired) electrons. The van der Waals surface area contributed by atoms with E-state index in [0.717, 1.165) is 77.9 Å². The molecule has 2 heterocycles. The molecule has 0 aliphatic heterocycles. The van der Waals surface area contributed by atoms with Crippen molar-refractivity contribution in [3.63, 3.8) is 0 Å². The van der Waals surface area contributed by atoms with Gasteiger partial charge in [0.05, 0.1) is 17.6 Å². The first-order chi connectivity index (χ1) is 28.2. The zero-order valence-electron chi connectivity index (χ0n) is 31.4. The average Bonchev–Trinajstić information content (AvgIpc) is 3.82. The Balaban J connectivity index is 0.993. The van der Waals surface area contributed by atoms with Crippen molar-refractivity contribution in [3.8, 4) is 27.9 Å². The highest BCUT2D eigenvalue weighted by Gasteiger charge is 2.15. The van der Waals surface area contributed by atoms with Crippen molar-refractivity contribution in [3.05, 3.63) is 211 Å². The van der Waals surface area contributed by atoms with Crippen molar-refractivity contribution in [1.82, 2.24) is 9.88 Å². The molecule has 10 aromatic rings. The summed E-state index contributed by atoms with van der Waals surface area (Å²) in [6.45, 7) is 0.482. The van der Waals surface area contributed by atoms with Crippen LogP contribution in [0.1, 0.15) is 16.7 Å². The monoisotopic (exact) mass is 734 g/mol. The Hall–Kier alpha value is -7.50. The van der Waals surface area contributed by atoms with Crippen LogP contribution in [0.2, 0.25) is 0 Å². The molecule has 1 N–H and O–H groups in total. The van der Waals surface area contributed by atoms with Crippen molar-refractivity contribution in [2.75, 3.05) is 7.05 Å². The fourth-order valence-corrected chi connectivity index (χ4v) is 7.97. The third kappa shape index (κ3) is 6.35. The summed E-state index contributed by atoms with van der Waals surface area (Å²) >= 11 is 0. The molecule has 0 unspecified atom stereocenters. The number of benzene rings is 8. The molecular weight excluding hydrogens is 697 g/mol. The number of nitrogens with one attached hydrogen (secondary N) is 1. The normalized spacial score (nSPS) is 12.2. The number of aliphatic imine (C=N–C) groups is 2. The van der Waals surface area contributed by atoms with E-state index in [1.165, 1.54) is 16.3 Å². The van der Waals surface area contributed by atoms with Crippen LogP contribution in [0.3, 0.4) is 0 Å². The molecule has 10 rings (SSSR count). The topological polar surface area (TPSA) is 54.8 Å². The van der Waals surface area contributed by atoms with Gasteiger partial charge in [-0.05, 0) is 76.3 Å². The number of nitrogens with zero attached hydrogens (tertiary/aromatic N) is 3. The van der Waals surface area contributed by atoms with Gasteiger partial charge >= 0.3 is 0 Å². The molecule has 0 atom stereocenters. The van der Waals surface area contributed by atoms with Crippen LogP contribution in [0.25, 0.3) is 71.7 Å². The summed E-state index contributed by atoms with van der Waals surface area (Å²) < 4.78 is 8.61. The minimum Gasteiger partial charge on any atom is -0.456 e. The van der Waals surface area contributed by atoms with E-state index in [1.807, 2.05) is 55.6 Å². The molecule has 0 amide bonds. The van der Waals surface area contributed by atoms with Gasteiger partial charge in [0.25, 0.3) is 0 Å². The summed E-state index contributed by atoms with van der Waals surface area (Å²) in [5, 5.41) is 7.99. The predicted molar refractivity (Wildman–Crippen MR) is 238 cm³/mol. The molecule has 0 spiro atoms. The summed E-state index contributed by atoms with van der Waals surface area (Å²) in [5.74, 6) is 1.45. The molecule has 0 aliphatic rings. The molecule has 8 aromatic carbocycles. The highest BCUT2D eigenvalue weighted by Crippen LogP contribution is 2.37. The lowest BCUT2D eigenvalue weighted by atomic mass is 9.99. The standard InChI is InChI=1S/C52H38N4O/c1-53-51(36-14-4-2-5-15-36)55-52(37-16-6-3-7-17-37)54-34-40-18-8-9-19-42(40)35-24-28-41(29-25-35)56-47-22-12-10-20-43(47)46-32-38(27-31-48(46)56)39-26-30-45-44-21-11-13-23-49(44)57-50(45)33-39/h2-33H,34H2,1H3,(H,53,54,55). The molecule has 5 heteroatoms. The maximum Gasteiger partial charge on any atom is 0.157 e. The third-order valence-electron chi connectivity index (χ3n) is 10.8. The fourth-order valence-electron chi connectivity index (χ4n) is 7.97. The van der Waals surface area contributed by atoms with E-state index in [9.17, 15) is 0 Å². The van der Waals surface area contributed by atoms with Gasteiger partial charge in [-0.1, -0.05) is 146 Å². The second kappa shape index (κ2) is 14.6. The summed E-state index contributed by atoms with van der Waals surface area (Å²) in [5.41, 5.74) is 12.9. The van der Waals surface area contributed by atoms with Gasteiger partial charge in [0.2, 0.25) is 0 Å². The molecule has 272 valence electrons. The number of hydrogen-bond donors (Lipinski definition) is 1. The van der Waals surface area contributed by atoms with Crippen molar-refractivity contribution in [2.45, 2.75) is 6.54 Å². The van der Waals surface area contributed by atoms with Crippen LogP contribution in [0.15, 0.2) is 209 Å². The first-order valence-corrected chi connectivity index (χ1v) is 19.3. The zero-order chi connectivity index (χ0) is 38.1. The molecule has 5 nitrogen and oxygen atoms in total. The van der Waals surface area contributed by atoms with Gasteiger partial charge in [0, 0.05) is 45.4 Å². The number of rotatable bonds is 7. The lowest BCUT2D eigenvalue weighted by Gasteiger charge is -2.12. The van der Waals surface area contributed by atoms with Gasteiger partial charge in [-0.15, -0.1) is 0 Å². The number of furan rings is 1. The Morgan fingerprint density at radius 1 is 0.509 bits per heavy atom. The van der Waals surface area contributed by atoms with Crippen LogP contribution < -0.4 is 5.32 Å². The van der Waals surface area contributed by atoms with Gasteiger partial charge in [-0.25, -0.2) is 4.99 Å². The molecule has 0 bridgehead atoms. The molecule has 0 aliphatic carbocycles. The van der Waals surface area contributed by atoms with E-state index in [4.69, 9.17) is 14.4 Å². The van der Waals surface area contributed by atoms with Crippen LogP contribution >= 0.6 is 0 Å². The van der Waals surface area contributed by atoms with Crippen molar-refractivity contribution in [2.24, 2.45) is 9.98 Å². The molecule has 57 heavy (non-hydrogen) atoms. The SMILES string of the molecule is CN/C(=N\C(=N/Cc1ccccc1-c1ccc(-n2c3ccccc3c3cc(-c4ccc5c(c4)oc4ccccc45)ccc32)cc1)c1ccccc1)c1ccccc1. The van der Waals surface area contributed by atoms with E-state index < -0.39 is 0 Å². The largest absolute Gasteiger partial charge is 0.456 e. The van der Waals surface area contributed by atoms with Gasteiger partial charge in [0.1, 0.15) is 17.0 Å². The Bertz CT molecular complexity index is 3120.